The molecule has 0 radical (unpaired) electrons. The lowest BCUT2D eigenvalue weighted by Crippen LogP contribution is -1.96. The number of hydrogen-bond acceptors (Lipinski definition) is 3. The Labute approximate surface area is 284 Å². The third kappa shape index (κ3) is 5.38. The van der Waals surface area contributed by atoms with Crippen LogP contribution in [0, 0.1) is 0 Å². The average molecular weight is 627 g/mol. The van der Waals surface area contributed by atoms with E-state index in [1.54, 1.807) is 0 Å². The molecule has 2 aromatic heterocycles. The second-order valence-electron chi connectivity index (χ2n) is 12.2. The molecule has 3 heteroatoms. The zero-order chi connectivity index (χ0) is 32.6. The molecule has 0 unspecified atom stereocenters. The van der Waals surface area contributed by atoms with Crippen molar-refractivity contribution >= 4 is 21.9 Å². The molecule has 230 valence electrons. The molecule has 2 heterocycles. The minimum Gasteiger partial charge on any atom is -0.456 e. The van der Waals surface area contributed by atoms with Crippen LogP contribution in [0.15, 0.2) is 186 Å². The van der Waals surface area contributed by atoms with Gasteiger partial charge in [-0.2, -0.15) is 0 Å². The summed E-state index contributed by atoms with van der Waals surface area (Å²) in [7, 11) is 0. The summed E-state index contributed by atoms with van der Waals surface area (Å²) >= 11 is 0. The van der Waals surface area contributed by atoms with Gasteiger partial charge in [0.15, 0.2) is 5.82 Å². The van der Waals surface area contributed by atoms with Gasteiger partial charge in [0.05, 0.1) is 11.4 Å². The average Bonchev–Trinajstić information content (AvgIpc) is 3.58. The lowest BCUT2D eigenvalue weighted by atomic mass is 9.89. The minimum absolute atomic E-state index is 0.691. The van der Waals surface area contributed by atoms with Gasteiger partial charge in [0.2, 0.25) is 0 Å². The maximum absolute atomic E-state index is 6.33. The summed E-state index contributed by atoms with van der Waals surface area (Å²) in [5.74, 6) is 0.691. The fraction of sp³-hybridized carbons (Fsp3) is 0. The number of fused-ring (bicyclic) bond motifs is 3. The van der Waals surface area contributed by atoms with Crippen molar-refractivity contribution in [1.82, 2.24) is 9.97 Å². The first-order chi connectivity index (χ1) is 24.3. The van der Waals surface area contributed by atoms with E-state index in [1.807, 2.05) is 36.4 Å². The Morgan fingerprint density at radius 3 is 1.53 bits per heavy atom. The van der Waals surface area contributed by atoms with Crippen LogP contribution in [-0.2, 0) is 0 Å². The van der Waals surface area contributed by atoms with Gasteiger partial charge >= 0.3 is 0 Å². The van der Waals surface area contributed by atoms with E-state index < -0.39 is 0 Å². The molecule has 0 atom stereocenters. The first kappa shape index (κ1) is 28.6. The summed E-state index contributed by atoms with van der Waals surface area (Å²) < 4.78 is 6.33. The minimum atomic E-state index is 0.691. The van der Waals surface area contributed by atoms with Gasteiger partial charge in [-0.25, -0.2) is 9.97 Å². The molecule has 0 aliphatic heterocycles. The molecule has 0 amide bonds. The topological polar surface area (TPSA) is 38.9 Å². The first-order valence-corrected chi connectivity index (χ1v) is 16.5. The molecule has 0 spiro atoms. The Morgan fingerprint density at radius 2 is 0.816 bits per heavy atom. The molecule has 0 fully saturated rings. The van der Waals surface area contributed by atoms with Crippen molar-refractivity contribution in [1.29, 1.82) is 0 Å². The summed E-state index contributed by atoms with van der Waals surface area (Å²) in [5, 5.41) is 2.21. The number of aromatic nitrogens is 2. The molecule has 0 N–H and O–H groups in total. The Kier molecular flexibility index (Phi) is 7.14. The van der Waals surface area contributed by atoms with E-state index >= 15 is 0 Å². The standard InChI is InChI=1S/C46H30N2O/c1-4-15-31(16-5-1)37-21-10-11-22-38(37)34-27-35(39-24-14-26-44-45(39)40-23-12-13-25-43(40)49-44)29-36(28-34)42-30-41(32-17-6-2-7-18-32)47-46(48-42)33-19-8-3-9-20-33/h1-30H. The highest BCUT2D eigenvalue weighted by Crippen LogP contribution is 2.42. The highest BCUT2D eigenvalue weighted by Gasteiger charge is 2.18. The summed E-state index contributed by atoms with van der Waals surface area (Å²) in [5.41, 5.74) is 13.3. The molecule has 0 aliphatic carbocycles. The lowest BCUT2D eigenvalue weighted by molar-refractivity contribution is 0.669. The van der Waals surface area contributed by atoms with E-state index in [9.17, 15) is 0 Å². The fourth-order valence-corrected chi connectivity index (χ4v) is 6.77. The van der Waals surface area contributed by atoms with Gasteiger partial charge in [-0.3, -0.25) is 0 Å². The van der Waals surface area contributed by atoms with Crippen LogP contribution in [0.25, 0.3) is 89.2 Å². The van der Waals surface area contributed by atoms with Crippen molar-refractivity contribution in [2.75, 3.05) is 0 Å². The summed E-state index contributed by atoms with van der Waals surface area (Å²) in [6.45, 7) is 0. The zero-order valence-corrected chi connectivity index (χ0v) is 26.6. The Morgan fingerprint density at radius 1 is 0.327 bits per heavy atom. The van der Waals surface area contributed by atoms with Gasteiger partial charge in [-0.05, 0) is 69.8 Å². The Hall–Kier alpha value is -6.58. The monoisotopic (exact) mass is 626 g/mol. The second kappa shape index (κ2) is 12.2. The van der Waals surface area contributed by atoms with Crippen LogP contribution < -0.4 is 0 Å². The Balaban J connectivity index is 1.33. The van der Waals surface area contributed by atoms with Gasteiger partial charge in [-0.15, -0.1) is 0 Å². The third-order valence-corrected chi connectivity index (χ3v) is 9.09. The molecule has 49 heavy (non-hydrogen) atoms. The summed E-state index contributed by atoms with van der Waals surface area (Å²) in [6, 6.07) is 63.3. The van der Waals surface area contributed by atoms with E-state index in [2.05, 4.69) is 146 Å². The number of rotatable bonds is 6. The van der Waals surface area contributed by atoms with Crippen LogP contribution in [0.3, 0.4) is 0 Å². The van der Waals surface area contributed by atoms with Crippen molar-refractivity contribution in [2.45, 2.75) is 0 Å². The highest BCUT2D eigenvalue weighted by atomic mass is 16.3. The van der Waals surface area contributed by atoms with Crippen molar-refractivity contribution in [2.24, 2.45) is 0 Å². The number of para-hydroxylation sites is 1. The summed E-state index contributed by atoms with van der Waals surface area (Å²) in [6.07, 6.45) is 0. The largest absolute Gasteiger partial charge is 0.456 e. The fourth-order valence-electron chi connectivity index (χ4n) is 6.77. The van der Waals surface area contributed by atoms with E-state index in [4.69, 9.17) is 14.4 Å². The first-order valence-electron chi connectivity index (χ1n) is 16.5. The number of benzene rings is 7. The highest BCUT2D eigenvalue weighted by molar-refractivity contribution is 6.12. The predicted octanol–water partition coefficient (Wildman–Crippen LogP) is 12.4. The van der Waals surface area contributed by atoms with Gasteiger partial charge in [0.25, 0.3) is 0 Å². The lowest BCUT2D eigenvalue weighted by Gasteiger charge is -2.16. The van der Waals surface area contributed by atoms with Crippen LogP contribution in [0.4, 0.5) is 0 Å². The van der Waals surface area contributed by atoms with Crippen LogP contribution >= 0.6 is 0 Å². The van der Waals surface area contributed by atoms with Crippen LogP contribution in [0.1, 0.15) is 0 Å². The van der Waals surface area contributed by atoms with Gasteiger partial charge in [0, 0.05) is 27.5 Å². The van der Waals surface area contributed by atoms with E-state index in [0.29, 0.717) is 5.82 Å². The van der Waals surface area contributed by atoms with Crippen molar-refractivity contribution in [3.63, 3.8) is 0 Å². The van der Waals surface area contributed by atoms with E-state index in [-0.39, 0.29) is 0 Å². The molecule has 0 aliphatic rings. The molecule has 9 rings (SSSR count). The third-order valence-electron chi connectivity index (χ3n) is 9.09. The quantitative estimate of drug-likeness (QED) is 0.184. The molecular formula is C46H30N2O. The molecule has 7 aromatic carbocycles. The second-order valence-corrected chi connectivity index (χ2v) is 12.2. The smallest absolute Gasteiger partial charge is 0.160 e. The van der Waals surface area contributed by atoms with Gasteiger partial charge < -0.3 is 4.42 Å². The molecule has 9 aromatic rings. The molecule has 3 nitrogen and oxygen atoms in total. The van der Waals surface area contributed by atoms with Gasteiger partial charge in [0.1, 0.15) is 11.2 Å². The van der Waals surface area contributed by atoms with Crippen molar-refractivity contribution < 1.29 is 4.42 Å². The normalized spacial score (nSPS) is 11.3. The van der Waals surface area contributed by atoms with Crippen molar-refractivity contribution in [3.8, 4) is 67.3 Å². The maximum Gasteiger partial charge on any atom is 0.160 e. The van der Waals surface area contributed by atoms with E-state index in [0.717, 1.165) is 72.3 Å². The number of hydrogen-bond donors (Lipinski definition) is 0. The Bertz CT molecular complexity index is 2530. The van der Waals surface area contributed by atoms with Crippen LogP contribution in [0.2, 0.25) is 0 Å². The molecular weight excluding hydrogens is 597 g/mol. The zero-order valence-electron chi connectivity index (χ0n) is 26.6. The van der Waals surface area contributed by atoms with Crippen LogP contribution in [0.5, 0.6) is 0 Å². The van der Waals surface area contributed by atoms with Crippen molar-refractivity contribution in [3.05, 3.63) is 182 Å². The van der Waals surface area contributed by atoms with Gasteiger partial charge in [-0.1, -0.05) is 146 Å². The molecule has 0 saturated heterocycles. The summed E-state index contributed by atoms with van der Waals surface area (Å²) in [4.78, 5) is 10.3. The van der Waals surface area contributed by atoms with E-state index in [1.165, 1.54) is 11.1 Å². The van der Waals surface area contributed by atoms with Crippen LogP contribution in [-0.4, -0.2) is 9.97 Å². The molecule has 0 bridgehead atoms. The molecule has 0 saturated carbocycles. The SMILES string of the molecule is c1ccc(-c2cc(-c3cc(-c4ccccc4-c4ccccc4)cc(-c4cccc5oc6ccccc6c45)c3)nc(-c3ccccc3)n2)cc1. The maximum atomic E-state index is 6.33. The predicted molar refractivity (Wildman–Crippen MR) is 202 cm³/mol. The number of nitrogens with zero attached hydrogens (tertiary/aromatic N) is 2. The number of furan rings is 1.